The predicted octanol–water partition coefficient (Wildman–Crippen LogP) is 1.83. The van der Waals surface area contributed by atoms with Crippen molar-refractivity contribution in [3.63, 3.8) is 0 Å². The molecule has 2 rings (SSSR count). The van der Waals surface area contributed by atoms with Gasteiger partial charge in [-0.1, -0.05) is 17.7 Å². The Morgan fingerprint density at radius 1 is 1.43 bits per heavy atom. The average molecular weight is 214 g/mol. The molecule has 0 fully saturated rings. The minimum absolute atomic E-state index is 0.268. The monoisotopic (exact) mass is 213 g/mol. The molecule has 4 heteroatoms. The third-order valence-corrected chi connectivity index (χ3v) is 2.62. The lowest BCUT2D eigenvalue weighted by atomic mass is 10.1. The van der Waals surface area contributed by atoms with Crippen LogP contribution < -0.4 is 14.8 Å². The van der Waals surface area contributed by atoms with E-state index in [0.717, 1.165) is 24.3 Å². The van der Waals surface area contributed by atoms with Crippen molar-refractivity contribution in [2.24, 2.45) is 0 Å². The highest BCUT2D eigenvalue weighted by Gasteiger charge is 2.18. The van der Waals surface area contributed by atoms with Crippen molar-refractivity contribution in [1.82, 2.24) is 5.32 Å². The molecule has 3 nitrogen and oxygen atoms in total. The highest BCUT2D eigenvalue weighted by atomic mass is 35.5. The highest BCUT2D eigenvalue weighted by Crippen LogP contribution is 2.40. The van der Waals surface area contributed by atoms with Gasteiger partial charge in [0.1, 0.15) is 0 Å². The Balaban J connectivity index is 2.26. The molecule has 0 amide bonds. The van der Waals surface area contributed by atoms with Crippen LogP contribution in [0.25, 0.3) is 0 Å². The fourth-order valence-electron chi connectivity index (χ4n) is 1.43. The molecule has 1 heterocycles. The molecule has 0 radical (unpaired) electrons. The zero-order valence-corrected chi connectivity index (χ0v) is 8.73. The summed E-state index contributed by atoms with van der Waals surface area (Å²) < 4.78 is 10.5. The maximum absolute atomic E-state index is 6.16. The summed E-state index contributed by atoms with van der Waals surface area (Å²) in [4.78, 5) is 0. The second kappa shape index (κ2) is 4.07. The number of likely N-dealkylation sites (N-methyl/N-ethyl adjacent to an activating group) is 1. The van der Waals surface area contributed by atoms with Gasteiger partial charge in [0, 0.05) is 0 Å². The van der Waals surface area contributed by atoms with E-state index in [2.05, 4.69) is 5.32 Å². The minimum Gasteiger partial charge on any atom is -0.454 e. The van der Waals surface area contributed by atoms with Gasteiger partial charge in [-0.3, -0.25) is 0 Å². The average Bonchev–Trinajstić information content (AvgIpc) is 2.66. The normalized spacial score (nSPS) is 13.3. The van der Waals surface area contributed by atoms with Crippen LogP contribution in [0.4, 0.5) is 0 Å². The van der Waals surface area contributed by atoms with Gasteiger partial charge in [0.05, 0.1) is 5.02 Å². The number of fused-ring (bicyclic) bond motifs is 1. The first-order valence-corrected chi connectivity index (χ1v) is 4.92. The van der Waals surface area contributed by atoms with Crippen LogP contribution in [0.3, 0.4) is 0 Å². The number of nitrogens with one attached hydrogen (secondary N) is 1. The third-order valence-electron chi connectivity index (χ3n) is 2.20. The number of rotatable bonds is 3. The van der Waals surface area contributed by atoms with E-state index in [1.807, 2.05) is 19.2 Å². The van der Waals surface area contributed by atoms with Crippen molar-refractivity contribution < 1.29 is 9.47 Å². The molecule has 0 saturated heterocycles. The smallest absolute Gasteiger partial charge is 0.231 e. The Morgan fingerprint density at radius 3 is 3.07 bits per heavy atom. The first-order valence-electron chi connectivity index (χ1n) is 4.54. The van der Waals surface area contributed by atoms with Gasteiger partial charge < -0.3 is 14.8 Å². The SMILES string of the molecule is CNCCc1ccc2c(c1Cl)OCO2. The molecule has 0 saturated carbocycles. The molecule has 0 aliphatic carbocycles. The van der Waals surface area contributed by atoms with E-state index < -0.39 is 0 Å². The van der Waals surface area contributed by atoms with Crippen molar-refractivity contribution >= 4 is 11.6 Å². The molecule has 14 heavy (non-hydrogen) atoms. The molecule has 1 aromatic rings. The van der Waals surface area contributed by atoms with E-state index in [1.165, 1.54) is 0 Å². The number of ether oxygens (including phenoxy) is 2. The van der Waals surface area contributed by atoms with E-state index >= 15 is 0 Å². The zero-order valence-electron chi connectivity index (χ0n) is 7.97. The van der Waals surface area contributed by atoms with Crippen LogP contribution in [-0.4, -0.2) is 20.4 Å². The zero-order chi connectivity index (χ0) is 9.97. The lowest BCUT2D eigenvalue weighted by molar-refractivity contribution is 0.174. The van der Waals surface area contributed by atoms with Gasteiger partial charge in [-0.05, 0) is 31.6 Å². The van der Waals surface area contributed by atoms with Gasteiger partial charge in [-0.15, -0.1) is 0 Å². The number of halogens is 1. The van der Waals surface area contributed by atoms with Crippen molar-refractivity contribution in [3.8, 4) is 11.5 Å². The molecule has 1 aliphatic heterocycles. The summed E-state index contributed by atoms with van der Waals surface area (Å²) in [6.07, 6.45) is 0.895. The maximum Gasteiger partial charge on any atom is 0.231 e. The van der Waals surface area contributed by atoms with Crippen LogP contribution in [0.5, 0.6) is 11.5 Å². The second-order valence-corrected chi connectivity index (χ2v) is 3.50. The highest BCUT2D eigenvalue weighted by molar-refractivity contribution is 6.33. The van der Waals surface area contributed by atoms with E-state index in [4.69, 9.17) is 21.1 Å². The second-order valence-electron chi connectivity index (χ2n) is 3.13. The third kappa shape index (κ3) is 1.65. The van der Waals surface area contributed by atoms with Crippen LogP contribution in [0.15, 0.2) is 12.1 Å². The van der Waals surface area contributed by atoms with E-state index in [1.54, 1.807) is 0 Å². The van der Waals surface area contributed by atoms with Crippen molar-refractivity contribution in [2.45, 2.75) is 6.42 Å². The summed E-state index contributed by atoms with van der Waals surface area (Å²) in [6, 6.07) is 3.88. The van der Waals surface area contributed by atoms with Crippen molar-refractivity contribution in [1.29, 1.82) is 0 Å². The number of benzene rings is 1. The maximum atomic E-state index is 6.16. The molecule has 0 spiro atoms. The van der Waals surface area contributed by atoms with Crippen molar-refractivity contribution in [2.75, 3.05) is 20.4 Å². The summed E-state index contributed by atoms with van der Waals surface area (Å²) in [5.41, 5.74) is 1.09. The molecule has 0 aromatic heterocycles. The number of hydrogen-bond donors (Lipinski definition) is 1. The standard InChI is InChI=1S/C10H12ClNO2/c1-12-5-4-7-2-3-8-10(9(7)11)14-6-13-8/h2-3,12H,4-6H2,1H3. The van der Waals surface area contributed by atoms with Gasteiger partial charge in [0.25, 0.3) is 0 Å². The van der Waals surface area contributed by atoms with Gasteiger partial charge in [-0.2, -0.15) is 0 Å². The van der Waals surface area contributed by atoms with E-state index in [-0.39, 0.29) is 6.79 Å². The van der Waals surface area contributed by atoms with Crippen LogP contribution in [0, 0.1) is 0 Å². The summed E-state index contributed by atoms with van der Waals surface area (Å²) >= 11 is 6.16. The Labute approximate surface area is 88.0 Å². The Hall–Kier alpha value is -0.930. The summed E-state index contributed by atoms with van der Waals surface area (Å²) in [7, 11) is 1.92. The Bertz CT molecular complexity index is 341. The first kappa shape index (κ1) is 9.62. The lowest BCUT2D eigenvalue weighted by Gasteiger charge is -2.06. The molecule has 0 bridgehead atoms. The summed E-state index contributed by atoms with van der Waals surface area (Å²) in [5.74, 6) is 1.42. The number of hydrogen-bond acceptors (Lipinski definition) is 3. The predicted molar refractivity (Wildman–Crippen MR) is 55.2 cm³/mol. The van der Waals surface area contributed by atoms with Crippen LogP contribution in [0.2, 0.25) is 5.02 Å². The van der Waals surface area contributed by atoms with Crippen LogP contribution >= 0.6 is 11.6 Å². The van der Waals surface area contributed by atoms with Crippen LogP contribution in [-0.2, 0) is 6.42 Å². The minimum atomic E-state index is 0.268. The largest absolute Gasteiger partial charge is 0.454 e. The first-order chi connectivity index (χ1) is 6.83. The molecule has 1 N–H and O–H groups in total. The fourth-order valence-corrected chi connectivity index (χ4v) is 1.74. The topological polar surface area (TPSA) is 30.5 Å². The van der Waals surface area contributed by atoms with Gasteiger partial charge in [0.15, 0.2) is 11.5 Å². The Morgan fingerprint density at radius 2 is 2.29 bits per heavy atom. The van der Waals surface area contributed by atoms with E-state index in [0.29, 0.717) is 10.8 Å². The summed E-state index contributed by atoms with van der Waals surface area (Å²) in [6.45, 7) is 1.17. The van der Waals surface area contributed by atoms with Gasteiger partial charge in [0.2, 0.25) is 6.79 Å². The quantitative estimate of drug-likeness (QED) is 0.831. The summed E-state index contributed by atoms with van der Waals surface area (Å²) in [5, 5.41) is 3.76. The van der Waals surface area contributed by atoms with E-state index in [9.17, 15) is 0 Å². The molecule has 1 aromatic carbocycles. The molecule has 0 unspecified atom stereocenters. The van der Waals surface area contributed by atoms with Crippen molar-refractivity contribution in [3.05, 3.63) is 22.7 Å². The molecule has 0 atom stereocenters. The van der Waals surface area contributed by atoms with Gasteiger partial charge in [-0.25, -0.2) is 0 Å². The molecular weight excluding hydrogens is 202 g/mol. The molecular formula is C10H12ClNO2. The Kier molecular flexibility index (Phi) is 2.79. The molecule has 76 valence electrons. The fraction of sp³-hybridized carbons (Fsp3) is 0.400. The molecule has 1 aliphatic rings. The lowest BCUT2D eigenvalue weighted by Crippen LogP contribution is -2.10. The van der Waals surface area contributed by atoms with Crippen LogP contribution in [0.1, 0.15) is 5.56 Å². The van der Waals surface area contributed by atoms with Gasteiger partial charge >= 0.3 is 0 Å².